The first-order valence-electron chi connectivity index (χ1n) is 5.22. The van der Waals surface area contributed by atoms with E-state index in [-0.39, 0.29) is 6.10 Å². The van der Waals surface area contributed by atoms with Gasteiger partial charge in [0, 0.05) is 12.6 Å². The van der Waals surface area contributed by atoms with Gasteiger partial charge in [-0.2, -0.15) is 5.10 Å². The second kappa shape index (κ2) is 4.97. The normalized spacial score (nSPS) is 26.9. The lowest BCUT2D eigenvalue weighted by Crippen LogP contribution is -2.22. The molecule has 1 aromatic rings. The minimum Gasteiger partial charge on any atom is -0.393 e. The average molecular weight is 338 g/mol. The van der Waals surface area contributed by atoms with E-state index < -0.39 is 0 Å². The van der Waals surface area contributed by atoms with Crippen molar-refractivity contribution in [2.75, 3.05) is 0 Å². The van der Waals surface area contributed by atoms with E-state index in [1.54, 1.807) is 0 Å². The van der Waals surface area contributed by atoms with Crippen molar-refractivity contribution in [1.82, 2.24) is 9.78 Å². The zero-order chi connectivity index (χ0) is 10.8. The summed E-state index contributed by atoms with van der Waals surface area (Å²) in [4.78, 5) is 0. The molecule has 2 rings (SSSR count). The van der Waals surface area contributed by atoms with Gasteiger partial charge in [-0.05, 0) is 63.5 Å². The van der Waals surface area contributed by atoms with Crippen LogP contribution in [-0.4, -0.2) is 21.0 Å². The van der Waals surface area contributed by atoms with Crippen molar-refractivity contribution in [1.29, 1.82) is 0 Å². The summed E-state index contributed by atoms with van der Waals surface area (Å²) in [6.07, 6.45) is 4.00. The zero-order valence-electron chi connectivity index (χ0n) is 8.37. The lowest BCUT2D eigenvalue weighted by atomic mass is 9.87. The van der Waals surface area contributed by atoms with Crippen LogP contribution < -0.4 is 0 Å². The van der Waals surface area contributed by atoms with Crippen molar-refractivity contribution in [2.45, 2.75) is 38.3 Å². The largest absolute Gasteiger partial charge is 0.393 e. The average Bonchev–Trinajstić information content (AvgIpc) is 2.49. The van der Waals surface area contributed by atoms with Crippen LogP contribution in [0, 0.1) is 5.92 Å². The fourth-order valence-corrected chi connectivity index (χ4v) is 3.22. The number of hydrogen-bond donors (Lipinski definition) is 1. The second-order valence-corrected chi connectivity index (χ2v) is 5.77. The minimum absolute atomic E-state index is 0.0750. The van der Waals surface area contributed by atoms with Crippen LogP contribution in [0.25, 0.3) is 0 Å². The minimum atomic E-state index is -0.0750. The number of rotatable bonds is 2. The molecule has 0 bridgehead atoms. The van der Waals surface area contributed by atoms with Crippen LogP contribution in [0.5, 0.6) is 0 Å². The molecule has 1 saturated carbocycles. The van der Waals surface area contributed by atoms with Gasteiger partial charge in [0.25, 0.3) is 0 Å². The lowest BCUT2D eigenvalue weighted by molar-refractivity contribution is 0.103. The fraction of sp³-hybridized carbons (Fsp3) is 0.700. The Hall–Kier alpha value is 0.130. The fourth-order valence-electron chi connectivity index (χ4n) is 2.06. The number of aliphatic hydroxyl groups excluding tert-OH is 1. The van der Waals surface area contributed by atoms with Gasteiger partial charge < -0.3 is 5.11 Å². The van der Waals surface area contributed by atoms with E-state index in [1.807, 2.05) is 10.7 Å². The zero-order valence-corrected chi connectivity index (χ0v) is 11.5. The van der Waals surface area contributed by atoms with Crippen LogP contribution in [0.1, 0.15) is 25.7 Å². The Labute approximate surface area is 106 Å². The summed E-state index contributed by atoms with van der Waals surface area (Å²) in [6.45, 7) is 0.943. The number of nitrogens with zero attached hydrogens (tertiary/aromatic N) is 2. The number of hydrogen-bond acceptors (Lipinski definition) is 2. The molecule has 1 aliphatic rings. The van der Waals surface area contributed by atoms with Gasteiger partial charge >= 0.3 is 0 Å². The van der Waals surface area contributed by atoms with Crippen molar-refractivity contribution in [3.63, 3.8) is 0 Å². The molecule has 1 heterocycles. The number of aliphatic hydroxyl groups is 1. The summed E-state index contributed by atoms with van der Waals surface area (Å²) in [5.41, 5.74) is 0. The van der Waals surface area contributed by atoms with Crippen molar-refractivity contribution < 1.29 is 5.11 Å². The summed E-state index contributed by atoms with van der Waals surface area (Å²) >= 11 is 6.83. The Balaban J connectivity index is 1.94. The molecule has 5 heteroatoms. The van der Waals surface area contributed by atoms with Crippen LogP contribution >= 0.6 is 31.9 Å². The molecule has 0 unspecified atom stereocenters. The van der Waals surface area contributed by atoms with Crippen molar-refractivity contribution in [3.05, 3.63) is 15.3 Å². The van der Waals surface area contributed by atoms with Gasteiger partial charge in [0.15, 0.2) is 0 Å². The topological polar surface area (TPSA) is 38.0 Å². The van der Waals surface area contributed by atoms with Crippen LogP contribution in [0.3, 0.4) is 0 Å². The molecule has 3 nitrogen and oxygen atoms in total. The molecule has 1 fully saturated rings. The first-order chi connectivity index (χ1) is 7.15. The van der Waals surface area contributed by atoms with E-state index in [0.29, 0.717) is 5.92 Å². The number of halogens is 2. The van der Waals surface area contributed by atoms with Gasteiger partial charge in [0.05, 0.1) is 6.10 Å². The molecule has 84 valence electrons. The Kier molecular flexibility index (Phi) is 3.85. The van der Waals surface area contributed by atoms with Crippen LogP contribution in [-0.2, 0) is 6.54 Å². The molecule has 0 saturated heterocycles. The van der Waals surface area contributed by atoms with E-state index >= 15 is 0 Å². The lowest BCUT2D eigenvalue weighted by Gasteiger charge is -2.25. The summed E-state index contributed by atoms with van der Waals surface area (Å²) in [5, 5.41) is 13.8. The first-order valence-corrected chi connectivity index (χ1v) is 6.80. The van der Waals surface area contributed by atoms with E-state index in [4.69, 9.17) is 0 Å². The van der Waals surface area contributed by atoms with Crippen LogP contribution in [0.15, 0.2) is 15.3 Å². The predicted molar refractivity (Wildman–Crippen MR) is 65.6 cm³/mol. The van der Waals surface area contributed by atoms with Gasteiger partial charge in [-0.1, -0.05) is 0 Å². The maximum atomic E-state index is 9.41. The van der Waals surface area contributed by atoms with E-state index in [2.05, 4.69) is 37.0 Å². The van der Waals surface area contributed by atoms with E-state index in [0.717, 1.165) is 41.4 Å². The summed E-state index contributed by atoms with van der Waals surface area (Å²) in [7, 11) is 0. The maximum Gasteiger partial charge on any atom is 0.129 e. The molecule has 0 radical (unpaired) electrons. The second-order valence-electron chi connectivity index (χ2n) is 4.15. The Morgan fingerprint density at radius 1 is 1.33 bits per heavy atom. The Morgan fingerprint density at radius 3 is 2.53 bits per heavy atom. The summed E-state index contributed by atoms with van der Waals surface area (Å²) in [6, 6.07) is 1.96. The summed E-state index contributed by atoms with van der Waals surface area (Å²) in [5.74, 6) is 0.650. The molecule has 1 aliphatic carbocycles. The molecule has 0 amide bonds. The number of aromatic nitrogens is 2. The van der Waals surface area contributed by atoms with Crippen molar-refractivity contribution in [3.8, 4) is 0 Å². The van der Waals surface area contributed by atoms with Gasteiger partial charge in [-0.25, -0.2) is 0 Å². The van der Waals surface area contributed by atoms with Gasteiger partial charge in [0.1, 0.15) is 9.21 Å². The maximum absolute atomic E-state index is 9.41. The molecule has 0 atom stereocenters. The third-order valence-electron chi connectivity index (χ3n) is 2.95. The Morgan fingerprint density at radius 2 is 2.00 bits per heavy atom. The van der Waals surface area contributed by atoms with Crippen LogP contribution in [0.2, 0.25) is 0 Å². The van der Waals surface area contributed by atoms with Gasteiger partial charge in [-0.15, -0.1) is 0 Å². The molecule has 15 heavy (non-hydrogen) atoms. The smallest absolute Gasteiger partial charge is 0.129 e. The molecule has 1 aromatic heterocycles. The monoisotopic (exact) mass is 336 g/mol. The highest BCUT2D eigenvalue weighted by atomic mass is 79.9. The standard InChI is InChI=1S/C10H14Br2N2O/c11-9-5-10(12)14(13-9)6-7-1-3-8(15)4-2-7/h5,7-8,15H,1-4,6H2. The van der Waals surface area contributed by atoms with E-state index in [1.165, 1.54) is 0 Å². The van der Waals surface area contributed by atoms with Gasteiger partial charge in [-0.3, -0.25) is 4.68 Å². The molecule has 0 aromatic carbocycles. The van der Waals surface area contributed by atoms with E-state index in [9.17, 15) is 5.11 Å². The molecular formula is C10H14Br2N2O. The molecule has 1 N–H and O–H groups in total. The van der Waals surface area contributed by atoms with Crippen LogP contribution in [0.4, 0.5) is 0 Å². The molecule has 0 aliphatic heterocycles. The highest BCUT2D eigenvalue weighted by Gasteiger charge is 2.20. The molecule has 0 spiro atoms. The van der Waals surface area contributed by atoms with Crippen molar-refractivity contribution >= 4 is 31.9 Å². The highest BCUT2D eigenvalue weighted by molar-refractivity contribution is 9.11. The quantitative estimate of drug-likeness (QED) is 0.901. The highest BCUT2D eigenvalue weighted by Crippen LogP contribution is 2.27. The molecular weight excluding hydrogens is 324 g/mol. The predicted octanol–water partition coefficient (Wildman–Crippen LogP) is 2.96. The third-order valence-corrected chi connectivity index (χ3v) is 3.97. The first kappa shape index (κ1) is 11.6. The Bertz CT molecular complexity index is 332. The SMILES string of the molecule is OC1CCC(Cn2nc(Br)cc2Br)CC1. The van der Waals surface area contributed by atoms with Gasteiger partial charge in [0.2, 0.25) is 0 Å². The van der Waals surface area contributed by atoms with Crippen molar-refractivity contribution in [2.24, 2.45) is 5.92 Å². The summed E-state index contributed by atoms with van der Waals surface area (Å²) < 4.78 is 3.86. The third kappa shape index (κ3) is 3.04.